The van der Waals surface area contributed by atoms with Crippen LogP contribution in [0.2, 0.25) is 0 Å². The van der Waals surface area contributed by atoms with Gasteiger partial charge in [-0.2, -0.15) is 0 Å². The summed E-state index contributed by atoms with van der Waals surface area (Å²) in [4.78, 5) is 17.0. The quantitative estimate of drug-likeness (QED) is 0.340. The van der Waals surface area contributed by atoms with E-state index in [1.807, 2.05) is 67.6 Å². The predicted octanol–water partition coefficient (Wildman–Crippen LogP) is 6.10. The number of hydrogen-bond acceptors (Lipinski definition) is 5. The molecular weight excluding hydrogens is 416 g/mol. The normalized spacial score (nSPS) is 10.3. The zero-order chi connectivity index (χ0) is 22.9. The van der Waals surface area contributed by atoms with E-state index in [9.17, 15) is 4.79 Å². The molecule has 1 heterocycles. The molecule has 0 aliphatic rings. The van der Waals surface area contributed by atoms with Gasteiger partial charge in [0.1, 0.15) is 12.4 Å². The van der Waals surface area contributed by atoms with E-state index < -0.39 is 0 Å². The number of nitrogens with zero attached hydrogens (tertiary/aromatic N) is 1. The molecular formula is C27H24N2O4. The summed E-state index contributed by atoms with van der Waals surface area (Å²) in [6, 6.07) is 25.6. The molecule has 1 N–H and O–H groups in total. The molecule has 4 rings (SSSR count). The van der Waals surface area contributed by atoms with Gasteiger partial charge in [0.15, 0.2) is 17.2 Å². The summed E-state index contributed by atoms with van der Waals surface area (Å²) < 4.78 is 17.6. The Labute approximate surface area is 192 Å². The van der Waals surface area contributed by atoms with Crippen molar-refractivity contribution in [1.29, 1.82) is 0 Å². The topological polar surface area (TPSA) is 69.7 Å². The highest BCUT2D eigenvalue weighted by atomic mass is 16.5. The van der Waals surface area contributed by atoms with E-state index in [-0.39, 0.29) is 5.91 Å². The number of nitrogens with one attached hydrogen (secondary N) is 1. The number of anilines is 1. The SMILES string of the molecule is CCOc1cc(C(=O)Nc2ccccc2Oc2ccccc2)ccc1OCc1ccncc1. The number of rotatable bonds is 9. The Balaban J connectivity index is 1.50. The number of benzene rings is 3. The minimum Gasteiger partial charge on any atom is -0.490 e. The number of para-hydroxylation sites is 3. The maximum Gasteiger partial charge on any atom is 0.255 e. The molecule has 0 atom stereocenters. The van der Waals surface area contributed by atoms with Crippen molar-refractivity contribution in [1.82, 2.24) is 4.98 Å². The third-order valence-corrected chi connectivity index (χ3v) is 4.76. The summed E-state index contributed by atoms with van der Waals surface area (Å²) in [6.45, 7) is 2.71. The molecule has 0 bridgehead atoms. The van der Waals surface area contributed by atoms with Gasteiger partial charge >= 0.3 is 0 Å². The second-order valence-corrected chi connectivity index (χ2v) is 7.10. The van der Waals surface area contributed by atoms with Crippen LogP contribution < -0.4 is 19.5 Å². The Hall–Kier alpha value is -4.32. The molecule has 1 amide bonds. The number of ether oxygens (including phenoxy) is 3. The van der Waals surface area contributed by atoms with Gasteiger partial charge < -0.3 is 19.5 Å². The summed E-state index contributed by atoms with van der Waals surface area (Å²) in [7, 11) is 0. The molecule has 6 heteroatoms. The number of amides is 1. The summed E-state index contributed by atoms with van der Waals surface area (Å²) in [5.41, 5.74) is 2.01. The first kappa shape index (κ1) is 21.9. The van der Waals surface area contributed by atoms with Gasteiger partial charge in [0, 0.05) is 18.0 Å². The lowest BCUT2D eigenvalue weighted by molar-refractivity contribution is 0.102. The first-order chi connectivity index (χ1) is 16.2. The molecule has 0 saturated heterocycles. The monoisotopic (exact) mass is 440 g/mol. The van der Waals surface area contributed by atoms with E-state index in [0.29, 0.717) is 47.5 Å². The lowest BCUT2D eigenvalue weighted by Gasteiger charge is -2.15. The van der Waals surface area contributed by atoms with Gasteiger partial charge in [-0.1, -0.05) is 30.3 Å². The maximum atomic E-state index is 13.0. The van der Waals surface area contributed by atoms with E-state index in [1.165, 1.54) is 0 Å². The van der Waals surface area contributed by atoms with Gasteiger partial charge in [-0.05, 0) is 67.1 Å². The Kier molecular flexibility index (Phi) is 7.18. The highest BCUT2D eigenvalue weighted by Crippen LogP contribution is 2.32. The van der Waals surface area contributed by atoms with E-state index >= 15 is 0 Å². The zero-order valence-electron chi connectivity index (χ0n) is 18.2. The largest absolute Gasteiger partial charge is 0.490 e. The number of pyridine rings is 1. The van der Waals surface area contributed by atoms with Crippen molar-refractivity contribution in [2.45, 2.75) is 13.5 Å². The van der Waals surface area contributed by atoms with E-state index in [1.54, 1.807) is 36.7 Å². The standard InChI is InChI=1S/C27H24N2O4/c1-2-31-26-18-21(12-13-25(26)32-19-20-14-16-28-17-15-20)27(30)29-23-10-6-7-11-24(23)33-22-8-4-3-5-9-22/h3-18H,2,19H2,1H3,(H,29,30). The molecule has 0 aliphatic heterocycles. The minimum absolute atomic E-state index is 0.277. The molecule has 6 nitrogen and oxygen atoms in total. The van der Waals surface area contributed by atoms with Crippen LogP contribution in [0.25, 0.3) is 0 Å². The summed E-state index contributed by atoms with van der Waals surface area (Å²) in [5.74, 6) is 2.04. The number of carbonyl (C=O) groups excluding carboxylic acids is 1. The maximum absolute atomic E-state index is 13.0. The highest BCUT2D eigenvalue weighted by molar-refractivity contribution is 6.05. The molecule has 0 fully saturated rings. The molecule has 4 aromatic rings. The fourth-order valence-corrected chi connectivity index (χ4v) is 3.15. The molecule has 33 heavy (non-hydrogen) atoms. The van der Waals surface area contributed by atoms with Crippen LogP contribution in [-0.2, 0) is 6.61 Å². The molecule has 0 radical (unpaired) electrons. The van der Waals surface area contributed by atoms with Gasteiger partial charge in [-0.3, -0.25) is 9.78 Å². The fourth-order valence-electron chi connectivity index (χ4n) is 3.15. The second kappa shape index (κ2) is 10.8. The smallest absolute Gasteiger partial charge is 0.255 e. The fraction of sp³-hybridized carbons (Fsp3) is 0.111. The Morgan fingerprint density at radius 1 is 0.818 bits per heavy atom. The number of aromatic nitrogens is 1. The highest BCUT2D eigenvalue weighted by Gasteiger charge is 2.14. The van der Waals surface area contributed by atoms with Gasteiger partial charge in [0.05, 0.1) is 12.3 Å². The van der Waals surface area contributed by atoms with Crippen LogP contribution in [0.15, 0.2) is 97.3 Å². The first-order valence-corrected chi connectivity index (χ1v) is 10.6. The minimum atomic E-state index is -0.277. The van der Waals surface area contributed by atoms with Crippen molar-refractivity contribution in [3.05, 3.63) is 108 Å². The Morgan fingerprint density at radius 3 is 2.36 bits per heavy atom. The average Bonchev–Trinajstić information content (AvgIpc) is 2.86. The third-order valence-electron chi connectivity index (χ3n) is 4.76. The van der Waals surface area contributed by atoms with Crippen molar-refractivity contribution >= 4 is 11.6 Å². The van der Waals surface area contributed by atoms with Crippen molar-refractivity contribution < 1.29 is 19.0 Å². The Bertz CT molecular complexity index is 1200. The van der Waals surface area contributed by atoms with Crippen molar-refractivity contribution in [3.63, 3.8) is 0 Å². The lowest BCUT2D eigenvalue weighted by atomic mass is 10.1. The third kappa shape index (κ3) is 5.89. The summed E-state index contributed by atoms with van der Waals surface area (Å²) in [5, 5.41) is 2.93. The van der Waals surface area contributed by atoms with Crippen molar-refractivity contribution in [2.24, 2.45) is 0 Å². The van der Waals surface area contributed by atoms with Gasteiger partial charge in [-0.15, -0.1) is 0 Å². The summed E-state index contributed by atoms with van der Waals surface area (Å²) in [6.07, 6.45) is 3.43. The molecule has 0 unspecified atom stereocenters. The number of hydrogen-bond donors (Lipinski definition) is 1. The van der Waals surface area contributed by atoms with Crippen LogP contribution in [0.4, 0.5) is 5.69 Å². The molecule has 0 aliphatic carbocycles. The lowest BCUT2D eigenvalue weighted by Crippen LogP contribution is -2.13. The van der Waals surface area contributed by atoms with Crippen LogP contribution in [-0.4, -0.2) is 17.5 Å². The van der Waals surface area contributed by atoms with Crippen LogP contribution in [0, 0.1) is 0 Å². The van der Waals surface area contributed by atoms with Crippen LogP contribution in [0.3, 0.4) is 0 Å². The summed E-state index contributed by atoms with van der Waals surface area (Å²) >= 11 is 0. The van der Waals surface area contributed by atoms with Crippen LogP contribution >= 0.6 is 0 Å². The van der Waals surface area contributed by atoms with E-state index in [0.717, 1.165) is 5.56 Å². The Morgan fingerprint density at radius 2 is 1.58 bits per heavy atom. The first-order valence-electron chi connectivity index (χ1n) is 10.6. The molecule has 3 aromatic carbocycles. The van der Waals surface area contributed by atoms with Crippen LogP contribution in [0.1, 0.15) is 22.8 Å². The second-order valence-electron chi connectivity index (χ2n) is 7.10. The van der Waals surface area contributed by atoms with E-state index in [4.69, 9.17) is 14.2 Å². The number of carbonyl (C=O) groups is 1. The van der Waals surface area contributed by atoms with E-state index in [2.05, 4.69) is 10.3 Å². The molecule has 166 valence electrons. The molecule has 1 aromatic heterocycles. The predicted molar refractivity (Wildman–Crippen MR) is 127 cm³/mol. The average molecular weight is 440 g/mol. The van der Waals surface area contributed by atoms with Gasteiger partial charge in [0.25, 0.3) is 5.91 Å². The molecule has 0 spiro atoms. The van der Waals surface area contributed by atoms with Crippen molar-refractivity contribution in [3.8, 4) is 23.0 Å². The van der Waals surface area contributed by atoms with Gasteiger partial charge in [-0.25, -0.2) is 0 Å². The van der Waals surface area contributed by atoms with Gasteiger partial charge in [0.2, 0.25) is 0 Å². The zero-order valence-corrected chi connectivity index (χ0v) is 18.2. The van der Waals surface area contributed by atoms with Crippen molar-refractivity contribution in [2.75, 3.05) is 11.9 Å². The molecule has 0 saturated carbocycles. The van der Waals surface area contributed by atoms with Crippen LogP contribution in [0.5, 0.6) is 23.0 Å².